The molecule has 0 saturated carbocycles. The molecular formula is C15H23N3O2. The van der Waals surface area contributed by atoms with Gasteiger partial charge in [-0.2, -0.15) is 0 Å². The fourth-order valence-electron chi connectivity index (χ4n) is 2.92. The van der Waals surface area contributed by atoms with Crippen LogP contribution in [0.4, 0.5) is 11.4 Å². The Balaban J connectivity index is 2.26. The first-order chi connectivity index (χ1) is 9.63. The summed E-state index contributed by atoms with van der Waals surface area (Å²) in [5.74, 6) is 0. The van der Waals surface area contributed by atoms with E-state index in [1.807, 2.05) is 13.0 Å². The Kier molecular flexibility index (Phi) is 4.95. The van der Waals surface area contributed by atoms with Gasteiger partial charge in [0.25, 0.3) is 5.69 Å². The van der Waals surface area contributed by atoms with Gasteiger partial charge in [0, 0.05) is 37.0 Å². The lowest BCUT2D eigenvalue weighted by Gasteiger charge is -2.37. The first-order valence-corrected chi connectivity index (χ1v) is 7.36. The van der Waals surface area contributed by atoms with Crippen molar-refractivity contribution in [2.24, 2.45) is 0 Å². The normalized spacial score (nSPS) is 18.8. The van der Waals surface area contributed by atoms with Crippen molar-refractivity contribution >= 4 is 11.4 Å². The lowest BCUT2D eigenvalue weighted by molar-refractivity contribution is -0.384. The molecule has 5 heteroatoms. The van der Waals surface area contributed by atoms with Crippen LogP contribution in [0.25, 0.3) is 0 Å². The number of anilines is 1. The standard InChI is InChI=1S/C15H23N3O2/c1-3-9-17(14-5-4-8-16-11-14)15-7-6-13(18(19)20)10-12(15)2/h6-7,10,14,16H,3-5,8-9,11H2,1-2H3. The minimum absolute atomic E-state index is 0.171. The molecule has 0 spiro atoms. The third-order valence-electron chi connectivity index (χ3n) is 3.88. The van der Waals surface area contributed by atoms with Crippen molar-refractivity contribution in [2.75, 3.05) is 24.5 Å². The molecule has 1 saturated heterocycles. The van der Waals surface area contributed by atoms with Gasteiger partial charge in [-0.25, -0.2) is 0 Å². The van der Waals surface area contributed by atoms with Crippen LogP contribution in [-0.2, 0) is 0 Å². The summed E-state index contributed by atoms with van der Waals surface area (Å²) in [6, 6.07) is 5.68. The van der Waals surface area contributed by atoms with E-state index in [9.17, 15) is 10.1 Å². The highest BCUT2D eigenvalue weighted by Crippen LogP contribution is 2.28. The molecule has 0 aromatic heterocycles. The number of nitrogens with one attached hydrogen (secondary N) is 1. The third kappa shape index (κ3) is 3.28. The molecule has 0 amide bonds. The molecule has 1 heterocycles. The van der Waals surface area contributed by atoms with Gasteiger partial charge in [-0.15, -0.1) is 0 Å². The summed E-state index contributed by atoms with van der Waals surface area (Å²) < 4.78 is 0. The molecule has 0 radical (unpaired) electrons. The van der Waals surface area contributed by atoms with E-state index in [-0.39, 0.29) is 10.6 Å². The Morgan fingerprint density at radius 1 is 1.50 bits per heavy atom. The van der Waals surface area contributed by atoms with Gasteiger partial charge in [-0.1, -0.05) is 6.92 Å². The maximum atomic E-state index is 10.8. The highest BCUT2D eigenvalue weighted by molar-refractivity contribution is 5.58. The summed E-state index contributed by atoms with van der Waals surface area (Å²) in [5, 5.41) is 14.3. The van der Waals surface area contributed by atoms with E-state index < -0.39 is 0 Å². The fourth-order valence-corrected chi connectivity index (χ4v) is 2.92. The first-order valence-electron chi connectivity index (χ1n) is 7.36. The van der Waals surface area contributed by atoms with E-state index in [4.69, 9.17) is 0 Å². The summed E-state index contributed by atoms with van der Waals surface area (Å²) in [7, 11) is 0. The van der Waals surface area contributed by atoms with Crippen LogP contribution in [0, 0.1) is 17.0 Å². The minimum Gasteiger partial charge on any atom is -0.367 e. The van der Waals surface area contributed by atoms with Crippen molar-refractivity contribution in [3.8, 4) is 0 Å². The molecule has 1 aliphatic heterocycles. The molecule has 1 aliphatic rings. The molecule has 110 valence electrons. The maximum Gasteiger partial charge on any atom is 0.269 e. The van der Waals surface area contributed by atoms with Gasteiger partial charge in [-0.05, 0) is 44.4 Å². The Bertz CT molecular complexity index is 470. The van der Waals surface area contributed by atoms with Crippen LogP contribution in [0.3, 0.4) is 0 Å². The van der Waals surface area contributed by atoms with Crippen LogP contribution >= 0.6 is 0 Å². The largest absolute Gasteiger partial charge is 0.367 e. The Morgan fingerprint density at radius 3 is 2.85 bits per heavy atom. The van der Waals surface area contributed by atoms with Crippen LogP contribution in [-0.4, -0.2) is 30.6 Å². The molecule has 1 aromatic rings. The highest BCUT2D eigenvalue weighted by atomic mass is 16.6. The van der Waals surface area contributed by atoms with Crippen molar-refractivity contribution in [1.29, 1.82) is 0 Å². The molecule has 1 fully saturated rings. The lowest BCUT2D eigenvalue weighted by atomic mass is 10.0. The number of benzene rings is 1. The van der Waals surface area contributed by atoms with Gasteiger partial charge in [0.15, 0.2) is 0 Å². The predicted octanol–water partition coefficient (Wildman–Crippen LogP) is 2.87. The third-order valence-corrected chi connectivity index (χ3v) is 3.88. The van der Waals surface area contributed by atoms with Gasteiger partial charge in [0.2, 0.25) is 0 Å². The van der Waals surface area contributed by atoms with Gasteiger partial charge in [0.05, 0.1) is 4.92 Å². The quantitative estimate of drug-likeness (QED) is 0.664. The second-order valence-corrected chi connectivity index (χ2v) is 5.42. The average Bonchev–Trinajstić information content (AvgIpc) is 2.46. The monoisotopic (exact) mass is 277 g/mol. The molecule has 2 rings (SSSR count). The zero-order chi connectivity index (χ0) is 14.5. The topological polar surface area (TPSA) is 58.4 Å². The van der Waals surface area contributed by atoms with Gasteiger partial charge >= 0.3 is 0 Å². The summed E-state index contributed by atoms with van der Waals surface area (Å²) in [4.78, 5) is 12.9. The van der Waals surface area contributed by atoms with E-state index in [1.54, 1.807) is 12.1 Å². The Morgan fingerprint density at radius 2 is 2.30 bits per heavy atom. The number of hydrogen-bond donors (Lipinski definition) is 1. The Hall–Kier alpha value is -1.62. The summed E-state index contributed by atoms with van der Waals surface area (Å²) in [6.07, 6.45) is 3.45. The number of nitro groups is 1. The van der Waals surface area contributed by atoms with Crippen molar-refractivity contribution in [1.82, 2.24) is 5.32 Å². The highest BCUT2D eigenvalue weighted by Gasteiger charge is 2.22. The average molecular weight is 277 g/mol. The van der Waals surface area contributed by atoms with Gasteiger partial charge < -0.3 is 10.2 Å². The second kappa shape index (κ2) is 6.70. The molecule has 0 bridgehead atoms. The number of piperidine rings is 1. The minimum atomic E-state index is -0.330. The lowest BCUT2D eigenvalue weighted by Crippen LogP contribution is -2.46. The van der Waals surface area contributed by atoms with Crippen LogP contribution in [0.5, 0.6) is 0 Å². The first kappa shape index (κ1) is 14.8. The number of nitrogens with zero attached hydrogens (tertiary/aromatic N) is 2. The summed E-state index contributed by atoms with van der Waals surface area (Å²) in [6.45, 7) is 7.21. The van der Waals surface area contributed by atoms with E-state index in [2.05, 4.69) is 17.1 Å². The number of aryl methyl sites for hydroxylation is 1. The maximum absolute atomic E-state index is 10.8. The molecule has 20 heavy (non-hydrogen) atoms. The van der Waals surface area contributed by atoms with Gasteiger partial charge in [0.1, 0.15) is 0 Å². The second-order valence-electron chi connectivity index (χ2n) is 5.42. The van der Waals surface area contributed by atoms with Crippen molar-refractivity contribution in [2.45, 2.75) is 39.2 Å². The molecule has 1 unspecified atom stereocenters. The van der Waals surface area contributed by atoms with E-state index in [1.165, 1.54) is 12.8 Å². The number of nitro benzene ring substituents is 1. The SMILES string of the molecule is CCCN(c1ccc([N+](=O)[O-])cc1C)C1CCCNC1. The molecular weight excluding hydrogens is 254 g/mol. The van der Waals surface area contributed by atoms with E-state index in [0.717, 1.165) is 37.3 Å². The molecule has 1 N–H and O–H groups in total. The van der Waals surface area contributed by atoms with Gasteiger partial charge in [-0.3, -0.25) is 10.1 Å². The number of hydrogen-bond acceptors (Lipinski definition) is 4. The molecule has 5 nitrogen and oxygen atoms in total. The van der Waals surface area contributed by atoms with Crippen molar-refractivity contribution in [3.05, 3.63) is 33.9 Å². The van der Waals surface area contributed by atoms with Crippen molar-refractivity contribution in [3.63, 3.8) is 0 Å². The Labute approximate surface area is 120 Å². The molecule has 1 aromatic carbocycles. The van der Waals surface area contributed by atoms with Crippen LogP contribution in [0.1, 0.15) is 31.7 Å². The number of non-ortho nitro benzene ring substituents is 1. The summed E-state index contributed by atoms with van der Waals surface area (Å²) in [5.41, 5.74) is 2.29. The van der Waals surface area contributed by atoms with Crippen LogP contribution in [0.15, 0.2) is 18.2 Å². The number of rotatable bonds is 5. The molecule has 1 atom stereocenters. The van der Waals surface area contributed by atoms with E-state index in [0.29, 0.717) is 6.04 Å². The van der Waals surface area contributed by atoms with Crippen molar-refractivity contribution < 1.29 is 4.92 Å². The fraction of sp³-hybridized carbons (Fsp3) is 0.600. The van der Waals surface area contributed by atoms with Crippen LogP contribution in [0.2, 0.25) is 0 Å². The molecule has 0 aliphatic carbocycles. The zero-order valence-corrected chi connectivity index (χ0v) is 12.3. The van der Waals surface area contributed by atoms with E-state index >= 15 is 0 Å². The van der Waals surface area contributed by atoms with Crippen LogP contribution < -0.4 is 10.2 Å². The predicted molar refractivity (Wildman–Crippen MR) is 81.4 cm³/mol. The zero-order valence-electron chi connectivity index (χ0n) is 12.3. The smallest absolute Gasteiger partial charge is 0.269 e. The summed E-state index contributed by atoms with van der Waals surface area (Å²) >= 11 is 0.